The molecule has 2 aromatic carbocycles. The third-order valence-corrected chi connectivity index (χ3v) is 6.04. The quantitative estimate of drug-likeness (QED) is 0.461. The van der Waals surface area contributed by atoms with E-state index in [1.807, 2.05) is 0 Å². The Hall–Kier alpha value is -3.73. The first-order valence-corrected chi connectivity index (χ1v) is 11.6. The first-order valence-electron chi connectivity index (χ1n) is 9.96. The van der Waals surface area contributed by atoms with Crippen LogP contribution in [0.25, 0.3) is 10.8 Å². The predicted octanol–water partition coefficient (Wildman–Crippen LogP) is 1.64. The van der Waals surface area contributed by atoms with Gasteiger partial charge in [0.15, 0.2) is 5.69 Å². The Morgan fingerprint density at radius 3 is 2.34 bits per heavy atom. The number of hydrazine groups is 1. The average Bonchev–Trinajstić information content (AvgIpc) is 2.77. The van der Waals surface area contributed by atoms with Crippen molar-refractivity contribution in [2.75, 3.05) is 10.5 Å². The van der Waals surface area contributed by atoms with Gasteiger partial charge in [0.1, 0.15) is 0 Å². The highest BCUT2D eigenvalue weighted by atomic mass is 32.2. The van der Waals surface area contributed by atoms with Crippen LogP contribution < -0.4 is 21.1 Å². The molecular formula is C21H23N5O5S. The highest BCUT2D eigenvalue weighted by molar-refractivity contribution is 7.92. The molecule has 0 fully saturated rings. The predicted molar refractivity (Wildman–Crippen MR) is 121 cm³/mol. The summed E-state index contributed by atoms with van der Waals surface area (Å²) in [5.74, 6) is -1.39. The van der Waals surface area contributed by atoms with E-state index in [0.717, 1.165) is 0 Å². The van der Waals surface area contributed by atoms with Gasteiger partial charge in [-0.1, -0.05) is 31.2 Å². The van der Waals surface area contributed by atoms with Crippen LogP contribution in [-0.4, -0.2) is 35.8 Å². The van der Waals surface area contributed by atoms with Crippen LogP contribution in [0.5, 0.6) is 0 Å². The van der Waals surface area contributed by atoms with Crippen LogP contribution in [0.3, 0.4) is 0 Å². The molecule has 168 valence electrons. The number of aromatic nitrogens is 2. The number of aryl methyl sites for hydroxylation is 1. The van der Waals surface area contributed by atoms with Crippen LogP contribution in [-0.2, 0) is 16.6 Å². The van der Waals surface area contributed by atoms with Crippen molar-refractivity contribution < 1.29 is 18.0 Å². The fourth-order valence-corrected chi connectivity index (χ4v) is 4.21. The third kappa shape index (κ3) is 5.11. The Morgan fingerprint density at radius 2 is 1.66 bits per heavy atom. The number of carbonyl (C=O) groups excluding carboxylic acids is 2. The minimum Gasteiger partial charge on any atom is -0.284 e. The second kappa shape index (κ2) is 9.60. The molecule has 1 heterocycles. The number of fused-ring (bicyclic) bond motifs is 1. The van der Waals surface area contributed by atoms with Crippen LogP contribution in [0.1, 0.15) is 41.1 Å². The van der Waals surface area contributed by atoms with E-state index in [1.165, 1.54) is 28.9 Å². The number of nitrogens with one attached hydrogen (secondary N) is 3. The largest absolute Gasteiger partial charge is 0.290 e. The van der Waals surface area contributed by atoms with Crippen LogP contribution in [0.15, 0.2) is 53.3 Å². The highest BCUT2D eigenvalue weighted by Gasteiger charge is 2.17. The molecule has 0 saturated carbocycles. The zero-order valence-electron chi connectivity index (χ0n) is 17.6. The van der Waals surface area contributed by atoms with Gasteiger partial charge in [-0.05, 0) is 37.6 Å². The number of anilines is 1. The number of sulfonamides is 1. The molecule has 0 radical (unpaired) electrons. The molecule has 10 nitrogen and oxygen atoms in total. The van der Waals surface area contributed by atoms with Crippen molar-refractivity contribution in [1.29, 1.82) is 0 Å². The lowest BCUT2D eigenvalue weighted by atomic mass is 10.1. The molecule has 0 bridgehead atoms. The molecule has 32 heavy (non-hydrogen) atoms. The van der Waals surface area contributed by atoms with E-state index >= 15 is 0 Å². The van der Waals surface area contributed by atoms with Crippen molar-refractivity contribution in [2.45, 2.75) is 26.8 Å². The minimum absolute atomic E-state index is 0.0107. The molecular weight excluding hydrogens is 434 g/mol. The normalized spacial score (nSPS) is 11.2. The van der Waals surface area contributed by atoms with Gasteiger partial charge < -0.3 is 0 Å². The van der Waals surface area contributed by atoms with Gasteiger partial charge in [-0.25, -0.2) is 13.1 Å². The number of rotatable bonds is 7. The van der Waals surface area contributed by atoms with Gasteiger partial charge >= 0.3 is 0 Å². The van der Waals surface area contributed by atoms with Gasteiger partial charge in [-0.2, -0.15) is 5.10 Å². The van der Waals surface area contributed by atoms with E-state index in [9.17, 15) is 22.8 Å². The molecule has 3 rings (SSSR count). The molecule has 11 heteroatoms. The summed E-state index contributed by atoms with van der Waals surface area (Å²) in [4.78, 5) is 37.6. The third-order valence-electron chi connectivity index (χ3n) is 4.54. The molecule has 0 atom stereocenters. The van der Waals surface area contributed by atoms with Crippen LogP contribution in [0, 0.1) is 0 Å². The number of carbonyl (C=O) groups is 2. The molecule has 0 aliphatic carbocycles. The minimum atomic E-state index is -3.51. The summed E-state index contributed by atoms with van der Waals surface area (Å²) >= 11 is 0. The van der Waals surface area contributed by atoms with Crippen LogP contribution >= 0.6 is 0 Å². The first-order chi connectivity index (χ1) is 15.3. The maximum Gasteiger partial charge on any atom is 0.290 e. The van der Waals surface area contributed by atoms with Crippen molar-refractivity contribution in [2.24, 2.45) is 0 Å². The van der Waals surface area contributed by atoms with Gasteiger partial charge in [0.2, 0.25) is 10.0 Å². The average molecular weight is 458 g/mol. The summed E-state index contributed by atoms with van der Waals surface area (Å²) in [5.41, 5.74) is 4.63. The van der Waals surface area contributed by atoms with Gasteiger partial charge in [0, 0.05) is 23.2 Å². The first kappa shape index (κ1) is 22.9. The maximum absolute atomic E-state index is 12.7. The fourth-order valence-electron chi connectivity index (χ4n) is 3.09. The summed E-state index contributed by atoms with van der Waals surface area (Å²) < 4.78 is 27.5. The Labute approximate surface area is 184 Å². The lowest BCUT2D eigenvalue weighted by Crippen LogP contribution is -2.42. The summed E-state index contributed by atoms with van der Waals surface area (Å²) in [6, 6.07) is 12.5. The van der Waals surface area contributed by atoms with Gasteiger partial charge in [-0.15, -0.1) is 0 Å². The van der Waals surface area contributed by atoms with Gasteiger partial charge in [0.25, 0.3) is 17.4 Å². The molecule has 0 aliphatic heterocycles. The molecule has 3 aromatic rings. The SMILES string of the molecule is CCCS(=O)(=O)Nc1cccc(C(=O)NNC(=O)c2nn(CC)c(=O)c3ccccc23)c1. The van der Waals surface area contributed by atoms with Crippen LogP contribution in [0.4, 0.5) is 5.69 Å². The van der Waals surface area contributed by atoms with Crippen molar-refractivity contribution in [3.63, 3.8) is 0 Å². The van der Waals surface area contributed by atoms with Crippen molar-refractivity contribution >= 4 is 38.3 Å². The molecule has 0 spiro atoms. The van der Waals surface area contributed by atoms with Crippen molar-refractivity contribution in [3.05, 3.63) is 70.1 Å². The van der Waals surface area contributed by atoms with Crippen molar-refractivity contribution in [1.82, 2.24) is 20.6 Å². The Kier molecular flexibility index (Phi) is 6.89. The topological polar surface area (TPSA) is 139 Å². The highest BCUT2D eigenvalue weighted by Crippen LogP contribution is 2.14. The number of benzene rings is 2. The molecule has 0 unspecified atom stereocenters. The molecule has 3 N–H and O–H groups in total. The molecule has 0 aliphatic rings. The van der Waals surface area contributed by atoms with Crippen molar-refractivity contribution in [3.8, 4) is 0 Å². The Bertz CT molecular complexity index is 1330. The summed E-state index contributed by atoms with van der Waals surface area (Å²) in [6.07, 6.45) is 0.454. The summed E-state index contributed by atoms with van der Waals surface area (Å²) in [7, 11) is -3.51. The van der Waals surface area contributed by atoms with E-state index in [2.05, 4.69) is 20.7 Å². The number of nitrogens with zero attached hydrogens (tertiary/aromatic N) is 2. The zero-order chi connectivity index (χ0) is 23.3. The standard InChI is InChI=1S/C21H23N5O5S/c1-3-12-32(30,31)25-15-9-7-8-14(13-15)19(27)22-23-20(28)18-16-10-5-6-11-17(16)21(29)26(4-2)24-18/h5-11,13,25H,3-4,12H2,1-2H3,(H,22,27)(H,23,28). The maximum atomic E-state index is 12.7. The smallest absolute Gasteiger partial charge is 0.284 e. The molecule has 1 aromatic heterocycles. The Morgan fingerprint density at radius 1 is 0.969 bits per heavy atom. The second-order valence-electron chi connectivity index (χ2n) is 6.93. The van der Waals surface area contributed by atoms with E-state index in [4.69, 9.17) is 0 Å². The zero-order valence-corrected chi connectivity index (χ0v) is 18.4. The number of amides is 2. The van der Waals surface area contributed by atoms with E-state index in [1.54, 1.807) is 38.1 Å². The monoisotopic (exact) mass is 457 g/mol. The molecule has 2 amide bonds. The van der Waals surface area contributed by atoms with E-state index in [-0.39, 0.29) is 34.8 Å². The second-order valence-corrected chi connectivity index (χ2v) is 8.77. The van der Waals surface area contributed by atoms with Gasteiger partial charge in [0.05, 0.1) is 11.1 Å². The number of hydrogen-bond donors (Lipinski definition) is 3. The summed E-state index contributed by atoms with van der Waals surface area (Å²) in [5, 5.41) is 4.81. The van der Waals surface area contributed by atoms with E-state index < -0.39 is 21.8 Å². The van der Waals surface area contributed by atoms with Crippen LogP contribution in [0.2, 0.25) is 0 Å². The lowest BCUT2D eigenvalue weighted by Gasteiger charge is -2.12. The summed E-state index contributed by atoms with van der Waals surface area (Å²) in [6.45, 7) is 3.75. The molecule has 0 saturated heterocycles. The van der Waals surface area contributed by atoms with E-state index in [0.29, 0.717) is 17.2 Å². The fraction of sp³-hybridized carbons (Fsp3) is 0.238. The lowest BCUT2D eigenvalue weighted by molar-refractivity contribution is 0.0843. The number of hydrogen-bond acceptors (Lipinski definition) is 6. The Balaban J connectivity index is 1.78. The van der Waals surface area contributed by atoms with Gasteiger partial charge in [-0.3, -0.25) is 30.0 Å².